The summed E-state index contributed by atoms with van der Waals surface area (Å²) in [5.41, 5.74) is 0.294. The molecule has 1 atom stereocenters. The Balaban J connectivity index is 2.51. The maximum absolute atomic E-state index is 2.65. The highest BCUT2D eigenvalue weighted by Crippen LogP contribution is 2.20. The minimum absolute atomic E-state index is 0.294. The van der Waals surface area contributed by atoms with Gasteiger partial charge in [0.25, 0.3) is 0 Å². The molecule has 0 amide bonds. The highest BCUT2D eigenvalue weighted by molar-refractivity contribution is 4.87. The van der Waals surface area contributed by atoms with E-state index in [1.54, 1.807) is 0 Å². The summed E-state index contributed by atoms with van der Waals surface area (Å²) in [4.78, 5) is 10.1. The van der Waals surface area contributed by atoms with Crippen molar-refractivity contribution in [3.05, 3.63) is 0 Å². The Kier molecular flexibility index (Phi) is 7.80. The average molecular weight is 313 g/mol. The Hall–Kier alpha value is -0.160. The molecular formula is C18H40N4. The van der Waals surface area contributed by atoms with E-state index in [0.29, 0.717) is 17.6 Å². The van der Waals surface area contributed by atoms with Crippen LogP contribution in [0.1, 0.15) is 41.0 Å². The second kappa shape index (κ2) is 8.62. The van der Waals surface area contributed by atoms with Crippen LogP contribution in [0.3, 0.4) is 0 Å². The first-order valence-corrected chi connectivity index (χ1v) is 8.95. The Morgan fingerprint density at radius 2 is 1.68 bits per heavy atom. The predicted octanol–water partition coefficient (Wildman–Crippen LogP) is 2.06. The Labute approximate surface area is 139 Å². The lowest BCUT2D eigenvalue weighted by Gasteiger charge is -2.46. The lowest BCUT2D eigenvalue weighted by Crippen LogP contribution is -2.57. The molecule has 1 saturated heterocycles. The molecule has 0 N–H and O–H groups in total. The maximum atomic E-state index is 2.65. The van der Waals surface area contributed by atoms with E-state index in [9.17, 15) is 0 Å². The van der Waals surface area contributed by atoms with Crippen LogP contribution in [0.25, 0.3) is 0 Å². The third-order valence-corrected chi connectivity index (χ3v) is 5.04. The minimum Gasteiger partial charge on any atom is -0.308 e. The number of likely N-dealkylation sites (N-methyl/N-ethyl adjacent to an activating group) is 2. The first-order chi connectivity index (χ1) is 10.1. The lowest BCUT2D eigenvalue weighted by molar-refractivity contribution is 0.0267. The third-order valence-electron chi connectivity index (χ3n) is 5.04. The monoisotopic (exact) mass is 312 g/mol. The lowest BCUT2D eigenvalue weighted by atomic mass is 10.0. The molecule has 1 rings (SSSR count). The van der Waals surface area contributed by atoms with Crippen LogP contribution in [0.5, 0.6) is 0 Å². The molecule has 1 heterocycles. The fourth-order valence-corrected chi connectivity index (χ4v) is 3.14. The SMILES string of the molecule is CC(C)N(CCC1CN(C(C)(C)C)CCN1C)CCN(C)C. The first-order valence-electron chi connectivity index (χ1n) is 8.95. The van der Waals surface area contributed by atoms with E-state index in [-0.39, 0.29) is 0 Å². The molecule has 4 nitrogen and oxygen atoms in total. The van der Waals surface area contributed by atoms with E-state index < -0.39 is 0 Å². The number of nitrogens with zero attached hydrogens (tertiary/aromatic N) is 4. The molecule has 132 valence electrons. The standard InChI is InChI=1S/C18H40N4/c1-16(2)21(13-11-19(6)7)10-9-17-15-22(18(3,4)5)14-12-20(17)8/h16-17H,9-15H2,1-8H3. The molecule has 1 fully saturated rings. The molecule has 0 radical (unpaired) electrons. The van der Waals surface area contributed by atoms with Crippen LogP contribution in [-0.2, 0) is 0 Å². The molecular weight excluding hydrogens is 272 g/mol. The van der Waals surface area contributed by atoms with Crippen molar-refractivity contribution in [1.82, 2.24) is 19.6 Å². The zero-order valence-corrected chi connectivity index (χ0v) is 16.4. The van der Waals surface area contributed by atoms with Gasteiger partial charge in [-0.05, 0) is 68.7 Å². The largest absolute Gasteiger partial charge is 0.308 e. The summed E-state index contributed by atoms with van der Waals surface area (Å²) in [6, 6.07) is 1.32. The minimum atomic E-state index is 0.294. The molecule has 1 unspecified atom stereocenters. The van der Waals surface area contributed by atoms with E-state index in [0.717, 1.165) is 6.54 Å². The molecule has 0 saturated carbocycles. The van der Waals surface area contributed by atoms with Gasteiger partial charge in [0, 0.05) is 50.3 Å². The Morgan fingerprint density at radius 1 is 1.05 bits per heavy atom. The van der Waals surface area contributed by atoms with Crippen LogP contribution in [0, 0.1) is 0 Å². The van der Waals surface area contributed by atoms with Gasteiger partial charge in [-0.2, -0.15) is 0 Å². The van der Waals surface area contributed by atoms with Crippen LogP contribution in [0.4, 0.5) is 0 Å². The molecule has 22 heavy (non-hydrogen) atoms. The average Bonchev–Trinajstić information content (AvgIpc) is 2.38. The fourth-order valence-electron chi connectivity index (χ4n) is 3.14. The van der Waals surface area contributed by atoms with E-state index in [1.165, 1.54) is 39.1 Å². The summed E-state index contributed by atoms with van der Waals surface area (Å²) in [6.07, 6.45) is 1.27. The Bertz CT molecular complexity index is 309. The highest BCUT2D eigenvalue weighted by atomic mass is 15.3. The summed E-state index contributed by atoms with van der Waals surface area (Å²) in [5.74, 6) is 0. The van der Waals surface area contributed by atoms with Gasteiger partial charge in [-0.3, -0.25) is 9.80 Å². The van der Waals surface area contributed by atoms with E-state index in [2.05, 4.69) is 75.4 Å². The van der Waals surface area contributed by atoms with Crippen molar-refractivity contribution in [1.29, 1.82) is 0 Å². The van der Waals surface area contributed by atoms with Gasteiger partial charge in [-0.25, -0.2) is 0 Å². The predicted molar refractivity (Wildman–Crippen MR) is 97.6 cm³/mol. The molecule has 4 heteroatoms. The van der Waals surface area contributed by atoms with Crippen LogP contribution in [0.15, 0.2) is 0 Å². The van der Waals surface area contributed by atoms with Gasteiger partial charge in [0.15, 0.2) is 0 Å². The summed E-state index contributed by atoms with van der Waals surface area (Å²) in [7, 11) is 6.62. The highest BCUT2D eigenvalue weighted by Gasteiger charge is 2.30. The number of hydrogen-bond acceptors (Lipinski definition) is 4. The summed E-state index contributed by atoms with van der Waals surface area (Å²) >= 11 is 0. The quantitative estimate of drug-likeness (QED) is 0.713. The van der Waals surface area contributed by atoms with Crippen LogP contribution in [0.2, 0.25) is 0 Å². The van der Waals surface area contributed by atoms with Crippen molar-refractivity contribution >= 4 is 0 Å². The normalized spacial score (nSPS) is 22.2. The van der Waals surface area contributed by atoms with Crippen molar-refractivity contribution in [3.63, 3.8) is 0 Å². The zero-order valence-electron chi connectivity index (χ0n) is 16.4. The van der Waals surface area contributed by atoms with Crippen LogP contribution >= 0.6 is 0 Å². The zero-order chi connectivity index (χ0) is 16.9. The molecule has 0 spiro atoms. The number of rotatable bonds is 7. The number of hydrogen-bond donors (Lipinski definition) is 0. The topological polar surface area (TPSA) is 13.0 Å². The van der Waals surface area contributed by atoms with E-state index in [4.69, 9.17) is 0 Å². The van der Waals surface area contributed by atoms with E-state index in [1.807, 2.05) is 0 Å². The molecule has 0 aromatic rings. The second-order valence-electron chi connectivity index (χ2n) is 8.47. The van der Waals surface area contributed by atoms with Crippen molar-refractivity contribution in [3.8, 4) is 0 Å². The Morgan fingerprint density at radius 3 is 2.18 bits per heavy atom. The summed E-state index contributed by atoms with van der Waals surface area (Å²) in [5, 5.41) is 0. The van der Waals surface area contributed by atoms with Gasteiger partial charge in [0.05, 0.1) is 0 Å². The number of piperazine rings is 1. The summed E-state index contributed by atoms with van der Waals surface area (Å²) in [6.45, 7) is 18.8. The van der Waals surface area contributed by atoms with Gasteiger partial charge in [0.2, 0.25) is 0 Å². The van der Waals surface area contributed by atoms with Crippen molar-refractivity contribution in [2.24, 2.45) is 0 Å². The summed E-state index contributed by atoms with van der Waals surface area (Å²) < 4.78 is 0. The molecule has 0 bridgehead atoms. The molecule has 0 aromatic carbocycles. The molecule has 1 aliphatic rings. The van der Waals surface area contributed by atoms with Crippen molar-refractivity contribution < 1.29 is 0 Å². The second-order valence-corrected chi connectivity index (χ2v) is 8.47. The van der Waals surface area contributed by atoms with Gasteiger partial charge in [-0.1, -0.05) is 0 Å². The fraction of sp³-hybridized carbons (Fsp3) is 1.00. The third kappa shape index (κ3) is 6.53. The van der Waals surface area contributed by atoms with Gasteiger partial charge in [0.1, 0.15) is 0 Å². The molecule has 0 aliphatic carbocycles. The smallest absolute Gasteiger partial charge is 0.0233 e. The van der Waals surface area contributed by atoms with Gasteiger partial charge < -0.3 is 9.80 Å². The first kappa shape index (κ1) is 19.9. The van der Waals surface area contributed by atoms with Crippen LogP contribution in [-0.4, -0.2) is 97.6 Å². The van der Waals surface area contributed by atoms with Crippen LogP contribution < -0.4 is 0 Å². The molecule has 1 aliphatic heterocycles. The van der Waals surface area contributed by atoms with Gasteiger partial charge >= 0.3 is 0 Å². The maximum Gasteiger partial charge on any atom is 0.0233 e. The molecule has 0 aromatic heterocycles. The van der Waals surface area contributed by atoms with Crippen molar-refractivity contribution in [2.45, 2.75) is 58.7 Å². The van der Waals surface area contributed by atoms with Crippen molar-refractivity contribution in [2.75, 3.05) is 60.4 Å². The van der Waals surface area contributed by atoms with Gasteiger partial charge in [-0.15, -0.1) is 0 Å². The van der Waals surface area contributed by atoms with E-state index >= 15 is 0 Å².